The molecule has 3 saturated heterocycles. The summed E-state index contributed by atoms with van der Waals surface area (Å²) in [5, 5.41) is 6.72. The van der Waals surface area contributed by atoms with E-state index < -0.39 is 17.4 Å². The van der Waals surface area contributed by atoms with Crippen LogP contribution < -0.4 is 5.32 Å². The van der Waals surface area contributed by atoms with E-state index in [0.717, 1.165) is 31.7 Å². The van der Waals surface area contributed by atoms with Crippen LogP contribution in [0.3, 0.4) is 0 Å². The molecule has 0 radical (unpaired) electrons. The lowest BCUT2D eigenvalue weighted by Gasteiger charge is -2.56. The molecule has 1 N–H and O–H groups in total. The SMILES string of the molecule is C=CCN1C(=O)N(C2(N3CCNCC3)C=CC=CC2)C(c2ccccc2)(C2COCO2)N1OC. The number of amides is 2. The van der Waals surface area contributed by atoms with E-state index in [-0.39, 0.29) is 12.8 Å². The number of ether oxygens (including phenoxy) is 2. The number of hydrazine groups is 1. The molecule has 2 amide bonds. The van der Waals surface area contributed by atoms with Gasteiger partial charge in [0.05, 0.1) is 20.3 Å². The highest BCUT2D eigenvalue weighted by molar-refractivity contribution is 5.79. The van der Waals surface area contributed by atoms with Gasteiger partial charge in [-0.05, 0) is 11.6 Å². The summed E-state index contributed by atoms with van der Waals surface area (Å²) < 4.78 is 11.9. The number of rotatable bonds is 7. The maximum Gasteiger partial charge on any atom is 0.340 e. The van der Waals surface area contributed by atoms with E-state index in [1.807, 2.05) is 47.4 Å². The summed E-state index contributed by atoms with van der Waals surface area (Å²) in [5.74, 6) is 0. The lowest BCUT2D eigenvalue weighted by atomic mass is 9.86. The largest absolute Gasteiger partial charge is 0.353 e. The van der Waals surface area contributed by atoms with E-state index in [2.05, 4.69) is 28.9 Å². The minimum absolute atomic E-state index is 0.163. The van der Waals surface area contributed by atoms with Crippen LogP contribution in [0.25, 0.3) is 0 Å². The van der Waals surface area contributed by atoms with Crippen LogP contribution in [0.1, 0.15) is 12.0 Å². The maximum atomic E-state index is 14.4. The van der Waals surface area contributed by atoms with Crippen molar-refractivity contribution < 1.29 is 19.1 Å². The molecule has 5 rings (SSSR count). The zero-order valence-corrected chi connectivity index (χ0v) is 19.6. The molecule has 0 aromatic heterocycles. The monoisotopic (exact) mass is 467 g/mol. The number of allylic oxidation sites excluding steroid dienone is 2. The highest BCUT2D eigenvalue weighted by Crippen LogP contribution is 2.51. The summed E-state index contributed by atoms with van der Waals surface area (Å²) in [7, 11) is 1.59. The summed E-state index contributed by atoms with van der Waals surface area (Å²) in [6.45, 7) is 8.01. The predicted molar refractivity (Wildman–Crippen MR) is 127 cm³/mol. The third kappa shape index (κ3) is 3.43. The zero-order valence-electron chi connectivity index (χ0n) is 19.6. The summed E-state index contributed by atoms with van der Waals surface area (Å²) in [4.78, 5) is 24.8. The van der Waals surface area contributed by atoms with Gasteiger partial charge in [0, 0.05) is 32.6 Å². The van der Waals surface area contributed by atoms with Gasteiger partial charge >= 0.3 is 6.03 Å². The molecule has 1 aromatic carbocycles. The smallest absolute Gasteiger partial charge is 0.340 e. The fourth-order valence-electron chi connectivity index (χ4n) is 5.72. The van der Waals surface area contributed by atoms with Crippen molar-refractivity contribution in [2.45, 2.75) is 23.9 Å². The van der Waals surface area contributed by atoms with Crippen LogP contribution in [0, 0.1) is 0 Å². The molecule has 9 heteroatoms. The maximum absolute atomic E-state index is 14.4. The van der Waals surface area contributed by atoms with Gasteiger partial charge in [0.25, 0.3) is 0 Å². The Labute approximate surface area is 200 Å². The Morgan fingerprint density at radius 1 is 1.24 bits per heavy atom. The lowest BCUT2D eigenvalue weighted by molar-refractivity contribution is -0.329. The number of hydroxylamine groups is 1. The molecule has 9 nitrogen and oxygen atoms in total. The molecular formula is C25H33N5O4. The molecule has 3 atom stereocenters. The van der Waals surface area contributed by atoms with Gasteiger partial charge in [0.2, 0.25) is 0 Å². The Bertz CT molecular complexity index is 944. The molecule has 1 aromatic rings. The summed E-state index contributed by atoms with van der Waals surface area (Å²) >= 11 is 0. The second kappa shape index (κ2) is 9.61. The third-order valence-corrected chi connectivity index (χ3v) is 7.09. The molecule has 3 unspecified atom stereocenters. The van der Waals surface area contributed by atoms with Gasteiger partial charge in [-0.25, -0.2) is 9.80 Å². The van der Waals surface area contributed by atoms with Gasteiger partial charge in [-0.3, -0.25) is 14.6 Å². The number of hydrogen-bond acceptors (Lipinski definition) is 7. The van der Waals surface area contributed by atoms with E-state index >= 15 is 0 Å². The molecule has 34 heavy (non-hydrogen) atoms. The number of hydrogen-bond donors (Lipinski definition) is 1. The number of carbonyl (C=O) groups is 1. The van der Waals surface area contributed by atoms with Crippen molar-refractivity contribution in [1.82, 2.24) is 25.3 Å². The van der Waals surface area contributed by atoms with Crippen molar-refractivity contribution in [1.29, 1.82) is 0 Å². The molecule has 3 fully saturated rings. The van der Waals surface area contributed by atoms with Crippen LogP contribution in [0.4, 0.5) is 4.79 Å². The van der Waals surface area contributed by atoms with E-state index in [1.54, 1.807) is 23.4 Å². The number of benzene rings is 1. The van der Waals surface area contributed by atoms with Gasteiger partial charge in [-0.1, -0.05) is 59.8 Å². The van der Waals surface area contributed by atoms with Crippen molar-refractivity contribution >= 4 is 6.03 Å². The number of urea groups is 1. The Hall–Kier alpha value is -2.53. The first-order valence-electron chi connectivity index (χ1n) is 11.8. The Morgan fingerprint density at radius 2 is 2.03 bits per heavy atom. The van der Waals surface area contributed by atoms with Crippen molar-refractivity contribution in [2.75, 3.05) is 53.2 Å². The highest BCUT2D eigenvalue weighted by atomic mass is 16.7. The van der Waals surface area contributed by atoms with E-state index in [0.29, 0.717) is 19.6 Å². The van der Waals surface area contributed by atoms with Crippen LogP contribution in [-0.2, 0) is 20.0 Å². The average Bonchev–Trinajstić information content (AvgIpc) is 3.52. The third-order valence-electron chi connectivity index (χ3n) is 7.09. The van der Waals surface area contributed by atoms with Gasteiger partial charge < -0.3 is 14.8 Å². The first-order valence-corrected chi connectivity index (χ1v) is 11.8. The van der Waals surface area contributed by atoms with Gasteiger partial charge in [-0.2, -0.15) is 0 Å². The molecule has 0 saturated carbocycles. The number of carbonyl (C=O) groups excluding carboxylic acids is 1. The van der Waals surface area contributed by atoms with Crippen LogP contribution in [-0.4, -0.2) is 91.0 Å². The fraction of sp³-hybridized carbons (Fsp3) is 0.480. The first-order chi connectivity index (χ1) is 16.7. The van der Waals surface area contributed by atoms with Gasteiger partial charge in [0.15, 0.2) is 5.66 Å². The minimum Gasteiger partial charge on any atom is -0.353 e. The second-order valence-corrected chi connectivity index (χ2v) is 8.79. The molecule has 3 aliphatic heterocycles. The molecule has 0 bridgehead atoms. The van der Waals surface area contributed by atoms with Crippen LogP contribution in [0.15, 0.2) is 67.3 Å². The fourth-order valence-corrected chi connectivity index (χ4v) is 5.72. The highest BCUT2D eigenvalue weighted by Gasteiger charge is 2.68. The molecule has 182 valence electrons. The van der Waals surface area contributed by atoms with Crippen molar-refractivity contribution in [3.8, 4) is 0 Å². The topological polar surface area (TPSA) is 69.8 Å². The average molecular weight is 468 g/mol. The standard InChI is InChI=1S/C25H33N5O4/c1-3-16-28-23(31)29(24(12-8-5-9-13-24)27-17-14-26-15-18-27)25(30(28)32-2,22-19-33-20-34-22)21-10-6-4-7-11-21/h3-12,22,26H,1,13-20H2,2H3. The summed E-state index contributed by atoms with van der Waals surface area (Å²) in [6, 6.07) is 9.82. The molecule has 4 aliphatic rings. The van der Waals surface area contributed by atoms with E-state index in [1.165, 1.54) is 0 Å². The van der Waals surface area contributed by atoms with Crippen LogP contribution in [0.5, 0.6) is 0 Å². The quantitative estimate of drug-likeness (QED) is 0.616. The molecular weight excluding hydrogens is 434 g/mol. The van der Waals surface area contributed by atoms with Gasteiger partial charge in [-0.15, -0.1) is 6.58 Å². The van der Waals surface area contributed by atoms with Crippen molar-refractivity contribution in [3.05, 3.63) is 72.9 Å². The van der Waals surface area contributed by atoms with E-state index in [4.69, 9.17) is 14.3 Å². The van der Waals surface area contributed by atoms with Crippen molar-refractivity contribution in [2.24, 2.45) is 0 Å². The molecule has 1 aliphatic carbocycles. The second-order valence-electron chi connectivity index (χ2n) is 8.79. The molecule has 0 spiro atoms. The zero-order chi connectivity index (χ0) is 23.6. The van der Waals surface area contributed by atoms with Crippen LogP contribution >= 0.6 is 0 Å². The Balaban J connectivity index is 1.77. The minimum atomic E-state index is -1.10. The van der Waals surface area contributed by atoms with Gasteiger partial charge in [0.1, 0.15) is 18.6 Å². The van der Waals surface area contributed by atoms with Crippen LogP contribution in [0.2, 0.25) is 0 Å². The summed E-state index contributed by atoms with van der Waals surface area (Å²) in [5.41, 5.74) is -0.931. The molecule has 3 heterocycles. The number of piperazine rings is 1. The normalized spacial score (nSPS) is 32.6. The lowest BCUT2D eigenvalue weighted by Crippen LogP contribution is -2.72. The Morgan fingerprint density at radius 3 is 2.65 bits per heavy atom. The van der Waals surface area contributed by atoms with E-state index in [9.17, 15) is 4.79 Å². The summed E-state index contributed by atoms with van der Waals surface area (Å²) in [6.07, 6.45) is 10.2. The first kappa shape index (κ1) is 23.2. The number of nitrogens with one attached hydrogen (secondary N) is 1. The number of nitrogens with zero attached hydrogens (tertiary/aromatic N) is 4. The van der Waals surface area contributed by atoms with Crippen molar-refractivity contribution in [3.63, 3.8) is 0 Å². The predicted octanol–water partition coefficient (Wildman–Crippen LogP) is 2.03. The Kier molecular flexibility index (Phi) is 6.57.